The number of aryl methyl sites for hydroxylation is 3. The van der Waals surface area contributed by atoms with E-state index in [1.807, 2.05) is 31.3 Å². The molecule has 0 aliphatic carbocycles. The Bertz CT molecular complexity index is 530. The van der Waals surface area contributed by atoms with Crippen LogP contribution in [0.2, 0.25) is 0 Å². The van der Waals surface area contributed by atoms with Crippen molar-refractivity contribution in [3.8, 4) is 0 Å². The SMILES string of the molecule is Cc1cc(C)nc(NCCCNCc2ccc(C)s2)n1. The van der Waals surface area contributed by atoms with Gasteiger partial charge in [0.2, 0.25) is 5.95 Å². The Morgan fingerprint density at radius 2 is 1.80 bits per heavy atom. The summed E-state index contributed by atoms with van der Waals surface area (Å²) in [5.74, 6) is 0.733. The maximum atomic E-state index is 4.36. The van der Waals surface area contributed by atoms with E-state index in [4.69, 9.17) is 0 Å². The zero-order chi connectivity index (χ0) is 14.4. The summed E-state index contributed by atoms with van der Waals surface area (Å²) >= 11 is 1.85. The van der Waals surface area contributed by atoms with Gasteiger partial charge in [0.15, 0.2) is 0 Å². The van der Waals surface area contributed by atoms with Crippen LogP contribution in [0.3, 0.4) is 0 Å². The number of hydrogen-bond acceptors (Lipinski definition) is 5. The van der Waals surface area contributed by atoms with Gasteiger partial charge in [-0.3, -0.25) is 0 Å². The van der Waals surface area contributed by atoms with Crippen molar-refractivity contribution >= 4 is 17.3 Å². The molecule has 2 heterocycles. The number of nitrogens with one attached hydrogen (secondary N) is 2. The lowest BCUT2D eigenvalue weighted by molar-refractivity contribution is 0.667. The van der Waals surface area contributed by atoms with Gasteiger partial charge in [0.25, 0.3) is 0 Å². The Labute approximate surface area is 124 Å². The van der Waals surface area contributed by atoms with E-state index >= 15 is 0 Å². The summed E-state index contributed by atoms with van der Waals surface area (Å²) in [6, 6.07) is 6.34. The monoisotopic (exact) mass is 290 g/mol. The molecule has 2 rings (SSSR count). The van der Waals surface area contributed by atoms with Gasteiger partial charge in [-0.25, -0.2) is 9.97 Å². The van der Waals surface area contributed by atoms with Gasteiger partial charge in [0.1, 0.15) is 0 Å². The van der Waals surface area contributed by atoms with E-state index in [0.717, 1.165) is 43.4 Å². The molecule has 0 radical (unpaired) electrons. The molecule has 2 N–H and O–H groups in total. The van der Waals surface area contributed by atoms with Crippen LogP contribution in [0.1, 0.15) is 27.6 Å². The number of hydrogen-bond donors (Lipinski definition) is 2. The van der Waals surface area contributed by atoms with Gasteiger partial charge < -0.3 is 10.6 Å². The summed E-state index contributed by atoms with van der Waals surface area (Å²) in [4.78, 5) is 11.5. The van der Waals surface area contributed by atoms with Crippen LogP contribution in [0.4, 0.5) is 5.95 Å². The summed E-state index contributed by atoms with van der Waals surface area (Å²) in [5.41, 5.74) is 2.01. The molecule has 0 saturated carbocycles. The van der Waals surface area contributed by atoms with Crippen LogP contribution in [-0.4, -0.2) is 23.1 Å². The number of aromatic nitrogens is 2. The first kappa shape index (κ1) is 14.9. The quantitative estimate of drug-likeness (QED) is 0.770. The first-order valence-electron chi connectivity index (χ1n) is 6.95. The van der Waals surface area contributed by atoms with Crippen LogP contribution in [0, 0.1) is 20.8 Å². The summed E-state index contributed by atoms with van der Waals surface area (Å²) in [5, 5.41) is 6.72. The summed E-state index contributed by atoms with van der Waals surface area (Å²) in [7, 11) is 0. The third-order valence-electron chi connectivity index (χ3n) is 2.89. The van der Waals surface area contributed by atoms with Crippen LogP contribution in [0.25, 0.3) is 0 Å². The molecule has 0 spiro atoms. The molecule has 4 nitrogen and oxygen atoms in total. The minimum absolute atomic E-state index is 0.733. The molecule has 5 heteroatoms. The molecule has 0 saturated heterocycles. The molecule has 0 bridgehead atoms. The van der Waals surface area contributed by atoms with Crippen LogP contribution >= 0.6 is 11.3 Å². The normalized spacial score (nSPS) is 10.8. The van der Waals surface area contributed by atoms with E-state index in [1.54, 1.807) is 0 Å². The zero-order valence-electron chi connectivity index (χ0n) is 12.4. The summed E-state index contributed by atoms with van der Waals surface area (Å²) in [6.07, 6.45) is 1.06. The molecule has 0 aliphatic heterocycles. The molecule has 0 aromatic carbocycles. The molecule has 2 aromatic rings. The number of thiophene rings is 1. The lowest BCUT2D eigenvalue weighted by Gasteiger charge is -2.07. The van der Waals surface area contributed by atoms with Crippen molar-refractivity contribution in [3.05, 3.63) is 39.3 Å². The molecular formula is C15H22N4S. The van der Waals surface area contributed by atoms with Gasteiger partial charge in [0.05, 0.1) is 0 Å². The molecule has 0 atom stereocenters. The van der Waals surface area contributed by atoms with Crippen molar-refractivity contribution in [1.29, 1.82) is 0 Å². The van der Waals surface area contributed by atoms with Crippen molar-refractivity contribution in [3.63, 3.8) is 0 Å². The minimum atomic E-state index is 0.733. The van der Waals surface area contributed by atoms with Gasteiger partial charge in [-0.2, -0.15) is 0 Å². The van der Waals surface area contributed by atoms with Crippen molar-refractivity contribution in [2.45, 2.75) is 33.7 Å². The topological polar surface area (TPSA) is 49.8 Å². The number of nitrogens with zero attached hydrogens (tertiary/aromatic N) is 2. The van der Waals surface area contributed by atoms with E-state index < -0.39 is 0 Å². The van der Waals surface area contributed by atoms with E-state index in [-0.39, 0.29) is 0 Å². The van der Waals surface area contributed by atoms with Crippen molar-refractivity contribution in [1.82, 2.24) is 15.3 Å². The van der Waals surface area contributed by atoms with Crippen molar-refractivity contribution < 1.29 is 0 Å². The van der Waals surface area contributed by atoms with Crippen LogP contribution in [-0.2, 0) is 6.54 Å². The summed E-state index contributed by atoms with van der Waals surface area (Å²) in [6.45, 7) is 8.96. The lowest BCUT2D eigenvalue weighted by atomic mass is 10.3. The first-order valence-corrected chi connectivity index (χ1v) is 7.77. The highest BCUT2D eigenvalue weighted by Crippen LogP contribution is 2.14. The van der Waals surface area contributed by atoms with Crippen molar-refractivity contribution in [2.24, 2.45) is 0 Å². The molecule has 108 valence electrons. The first-order chi connectivity index (χ1) is 9.63. The molecule has 2 aromatic heterocycles. The lowest BCUT2D eigenvalue weighted by Crippen LogP contribution is -2.17. The average molecular weight is 290 g/mol. The van der Waals surface area contributed by atoms with Crippen LogP contribution in [0.5, 0.6) is 0 Å². The third kappa shape index (κ3) is 4.90. The highest BCUT2D eigenvalue weighted by Gasteiger charge is 1.99. The Balaban J connectivity index is 1.61. The molecule has 0 fully saturated rings. The Morgan fingerprint density at radius 1 is 1.05 bits per heavy atom. The zero-order valence-corrected chi connectivity index (χ0v) is 13.2. The fraction of sp³-hybridized carbons (Fsp3) is 0.467. The number of anilines is 1. The van der Waals surface area contributed by atoms with E-state index in [2.05, 4.69) is 39.7 Å². The smallest absolute Gasteiger partial charge is 0.223 e. The fourth-order valence-electron chi connectivity index (χ4n) is 2.01. The van der Waals surface area contributed by atoms with E-state index in [1.165, 1.54) is 9.75 Å². The predicted molar refractivity (Wildman–Crippen MR) is 85.4 cm³/mol. The Kier molecular flexibility index (Phi) is 5.49. The highest BCUT2D eigenvalue weighted by molar-refractivity contribution is 7.11. The van der Waals surface area contributed by atoms with E-state index in [0.29, 0.717) is 0 Å². The third-order valence-corrected chi connectivity index (χ3v) is 3.89. The van der Waals surface area contributed by atoms with Gasteiger partial charge in [0, 0.05) is 34.2 Å². The highest BCUT2D eigenvalue weighted by atomic mass is 32.1. The van der Waals surface area contributed by atoms with Gasteiger partial charge in [-0.05, 0) is 51.9 Å². The second-order valence-corrected chi connectivity index (χ2v) is 6.32. The molecule has 0 aliphatic rings. The van der Waals surface area contributed by atoms with Gasteiger partial charge >= 0.3 is 0 Å². The average Bonchev–Trinajstić information content (AvgIpc) is 2.78. The largest absolute Gasteiger partial charge is 0.354 e. The molecular weight excluding hydrogens is 268 g/mol. The predicted octanol–water partition coefficient (Wildman–Crippen LogP) is 3.06. The molecule has 20 heavy (non-hydrogen) atoms. The minimum Gasteiger partial charge on any atom is -0.354 e. The Hall–Kier alpha value is -1.46. The van der Waals surface area contributed by atoms with Gasteiger partial charge in [-0.15, -0.1) is 11.3 Å². The maximum absolute atomic E-state index is 4.36. The van der Waals surface area contributed by atoms with Crippen molar-refractivity contribution in [2.75, 3.05) is 18.4 Å². The number of rotatable bonds is 7. The van der Waals surface area contributed by atoms with E-state index in [9.17, 15) is 0 Å². The molecule has 0 amide bonds. The van der Waals surface area contributed by atoms with Gasteiger partial charge in [-0.1, -0.05) is 0 Å². The van der Waals surface area contributed by atoms with Crippen LogP contribution in [0.15, 0.2) is 18.2 Å². The van der Waals surface area contributed by atoms with Crippen LogP contribution < -0.4 is 10.6 Å². The maximum Gasteiger partial charge on any atom is 0.223 e. The molecule has 0 unspecified atom stereocenters. The second kappa shape index (κ2) is 7.36. The standard InChI is InChI=1S/C15H22N4S/c1-11-9-12(2)19-15(18-11)17-8-4-7-16-10-14-6-5-13(3)20-14/h5-6,9,16H,4,7-8,10H2,1-3H3,(H,17,18,19). The fourth-order valence-corrected chi connectivity index (χ4v) is 2.87. The summed E-state index contributed by atoms with van der Waals surface area (Å²) < 4.78 is 0. The Morgan fingerprint density at radius 3 is 2.45 bits per heavy atom. The second-order valence-electron chi connectivity index (χ2n) is 4.94.